The Kier molecular flexibility index (Phi) is 7.13. The highest BCUT2D eigenvalue weighted by atomic mass is 32.2. The Morgan fingerprint density at radius 1 is 0.938 bits per heavy atom. The van der Waals surface area contributed by atoms with Crippen molar-refractivity contribution in [3.63, 3.8) is 0 Å². The number of amides is 1. The zero-order valence-electron chi connectivity index (χ0n) is 18.5. The van der Waals surface area contributed by atoms with E-state index < -0.39 is 10.0 Å². The quantitative estimate of drug-likeness (QED) is 0.742. The van der Waals surface area contributed by atoms with Gasteiger partial charge in [0.1, 0.15) is 0 Å². The second-order valence-electron chi connectivity index (χ2n) is 8.42. The molecule has 0 spiro atoms. The minimum atomic E-state index is -3.66. The molecule has 2 aromatic rings. The molecular weight excluding hydrogens is 426 g/mol. The van der Waals surface area contributed by atoms with E-state index in [1.807, 2.05) is 31.2 Å². The second-order valence-corrected chi connectivity index (χ2v) is 10.4. The molecule has 0 aromatic heterocycles. The average Bonchev–Trinajstić information content (AvgIpc) is 3.09. The van der Waals surface area contributed by atoms with Crippen LogP contribution in [-0.4, -0.2) is 58.0 Å². The molecule has 2 aliphatic rings. The normalized spacial score (nSPS) is 18.2. The number of sulfonamides is 1. The zero-order valence-corrected chi connectivity index (χ0v) is 19.4. The Balaban J connectivity index is 1.69. The molecule has 8 heteroatoms. The summed E-state index contributed by atoms with van der Waals surface area (Å²) in [5.74, 6) is -0.245. The van der Waals surface area contributed by atoms with Gasteiger partial charge in [-0.15, -0.1) is 0 Å². The number of nitrogens with one attached hydrogen (secondary N) is 1. The maximum atomic E-state index is 13.2. The molecule has 0 aliphatic carbocycles. The van der Waals surface area contributed by atoms with Crippen LogP contribution in [0, 0.1) is 6.92 Å². The molecule has 2 saturated heterocycles. The lowest BCUT2D eigenvalue weighted by molar-refractivity contribution is 0.0730. The fraction of sp³-hybridized carbons (Fsp3) is 0.458. The monoisotopic (exact) mass is 457 g/mol. The van der Waals surface area contributed by atoms with E-state index in [9.17, 15) is 13.2 Å². The van der Waals surface area contributed by atoms with Crippen molar-refractivity contribution < 1.29 is 17.9 Å². The fourth-order valence-corrected chi connectivity index (χ4v) is 5.71. The molecule has 0 radical (unpaired) electrons. The van der Waals surface area contributed by atoms with Gasteiger partial charge in [0, 0.05) is 31.7 Å². The lowest BCUT2D eigenvalue weighted by Crippen LogP contribution is -2.40. The number of ether oxygens (including phenoxy) is 1. The summed E-state index contributed by atoms with van der Waals surface area (Å²) in [7, 11) is -3.66. The van der Waals surface area contributed by atoms with E-state index in [0.29, 0.717) is 37.6 Å². The summed E-state index contributed by atoms with van der Waals surface area (Å²) in [6, 6.07) is 12.5. The highest BCUT2D eigenvalue weighted by Crippen LogP contribution is 2.32. The van der Waals surface area contributed by atoms with Crippen molar-refractivity contribution in [3.8, 4) is 0 Å². The zero-order chi connectivity index (χ0) is 22.6. The van der Waals surface area contributed by atoms with Gasteiger partial charge in [-0.3, -0.25) is 4.79 Å². The van der Waals surface area contributed by atoms with Crippen LogP contribution >= 0.6 is 0 Å². The molecule has 0 bridgehead atoms. The highest BCUT2D eigenvalue weighted by molar-refractivity contribution is 7.89. The van der Waals surface area contributed by atoms with E-state index in [-0.39, 0.29) is 10.8 Å². The van der Waals surface area contributed by atoms with Crippen LogP contribution in [-0.2, 0) is 14.8 Å². The first kappa shape index (κ1) is 22.8. The molecule has 2 fully saturated rings. The predicted molar refractivity (Wildman–Crippen MR) is 126 cm³/mol. The summed E-state index contributed by atoms with van der Waals surface area (Å²) >= 11 is 0. The van der Waals surface area contributed by atoms with E-state index in [1.54, 1.807) is 18.2 Å². The first-order valence-electron chi connectivity index (χ1n) is 11.3. The molecule has 4 rings (SSSR count). The third kappa shape index (κ3) is 5.14. The van der Waals surface area contributed by atoms with Crippen molar-refractivity contribution in [2.24, 2.45) is 0 Å². The first-order chi connectivity index (χ1) is 15.4. The smallest absolute Gasteiger partial charge is 0.255 e. The van der Waals surface area contributed by atoms with E-state index >= 15 is 0 Å². The van der Waals surface area contributed by atoms with Crippen LogP contribution in [0.1, 0.15) is 41.6 Å². The summed E-state index contributed by atoms with van der Waals surface area (Å²) in [5, 5.41) is 3.00. The number of benzene rings is 2. The maximum Gasteiger partial charge on any atom is 0.255 e. The SMILES string of the molecule is Cc1cccc(C(=O)Nc2cc(S(=O)(=O)N3CCOCC3)ccc2N2CCCCCC2)c1. The lowest BCUT2D eigenvalue weighted by atomic mass is 10.1. The molecule has 1 N–H and O–H groups in total. The molecule has 1 amide bonds. The van der Waals surface area contributed by atoms with Crippen LogP contribution in [0.4, 0.5) is 11.4 Å². The van der Waals surface area contributed by atoms with Crippen molar-refractivity contribution in [1.82, 2.24) is 4.31 Å². The van der Waals surface area contributed by atoms with Crippen molar-refractivity contribution >= 4 is 27.3 Å². The number of hydrogen-bond acceptors (Lipinski definition) is 5. The van der Waals surface area contributed by atoms with E-state index in [4.69, 9.17) is 4.74 Å². The van der Waals surface area contributed by atoms with Crippen molar-refractivity contribution in [3.05, 3.63) is 53.6 Å². The van der Waals surface area contributed by atoms with Gasteiger partial charge >= 0.3 is 0 Å². The van der Waals surface area contributed by atoms with Gasteiger partial charge in [-0.05, 0) is 50.1 Å². The fourth-order valence-electron chi connectivity index (χ4n) is 4.28. The Hall–Kier alpha value is -2.42. The van der Waals surface area contributed by atoms with Crippen molar-refractivity contribution in [2.45, 2.75) is 37.5 Å². The van der Waals surface area contributed by atoms with Gasteiger partial charge in [0.05, 0.1) is 29.5 Å². The first-order valence-corrected chi connectivity index (χ1v) is 12.7. The standard InChI is InChI=1S/C24H31N3O4S/c1-19-7-6-8-20(17-19)24(28)25-22-18-21(32(29,30)27-13-15-31-16-14-27)9-10-23(22)26-11-4-2-3-5-12-26/h6-10,17-18H,2-5,11-16H2,1H3,(H,25,28). The predicted octanol–water partition coefficient (Wildman–Crippen LogP) is 3.65. The van der Waals surface area contributed by atoms with Crippen LogP contribution in [0.15, 0.2) is 47.4 Å². The maximum absolute atomic E-state index is 13.2. The van der Waals surface area contributed by atoms with Gasteiger partial charge in [0.15, 0.2) is 0 Å². The number of aryl methyl sites for hydroxylation is 1. The topological polar surface area (TPSA) is 79.0 Å². The molecule has 32 heavy (non-hydrogen) atoms. The minimum absolute atomic E-state index is 0.192. The summed E-state index contributed by atoms with van der Waals surface area (Å²) in [5.41, 5.74) is 2.95. The van der Waals surface area contributed by atoms with Gasteiger partial charge in [-0.2, -0.15) is 4.31 Å². The van der Waals surface area contributed by atoms with Crippen molar-refractivity contribution in [1.29, 1.82) is 0 Å². The molecule has 0 atom stereocenters. The Bertz CT molecular complexity index is 1060. The average molecular weight is 458 g/mol. The van der Waals surface area contributed by atoms with Crippen LogP contribution in [0.25, 0.3) is 0 Å². The van der Waals surface area contributed by atoms with Crippen LogP contribution < -0.4 is 10.2 Å². The molecular formula is C24H31N3O4S. The molecule has 2 aliphatic heterocycles. The van der Waals surface area contributed by atoms with Crippen LogP contribution in [0.3, 0.4) is 0 Å². The number of anilines is 2. The number of nitrogens with zero attached hydrogens (tertiary/aromatic N) is 2. The molecule has 2 heterocycles. The summed E-state index contributed by atoms with van der Waals surface area (Å²) in [6.45, 7) is 5.17. The highest BCUT2D eigenvalue weighted by Gasteiger charge is 2.28. The molecule has 0 saturated carbocycles. The van der Waals surface area contributed by atoms with Gasteiger partial charge in [-0.1, -0.05) is 30.5 Å². The molecule has 2 aromatic carbocycles. The largest absolute Gasteiger partial charge is 0.379 e. The molecule has 172 valence electrons. The summed E-state index contributed by atoms with van der Waals surface area (Å²) in [4.78, 5) is 15.5. The molecule has 7 nitrogen and oxygen atoms in total. The summed E-state index contributed by atoms with van der Waals surface area (Å²) < 4.78 is 33.2. The van der Waals surface area contributed by atoms with E-state index in [1.165, 1.54) is 17.1 Å². The lowest BCUT2D eigenvalue weighted by Gasteiger charge is -2.28. The second kappa shape index (κ2) is 10.0. The van der Waals surface area contributed by atoms with E-state index in [2.05, 4.69) is 10.2 Å². The third-order valence-corrected chi connectivity index (χ3v) is 7.95. The number of morpholine rings is 1. The minimum Gasteiger partial charge on any atom is -0.379 e. The van der Waals surface area contributed by atoms with Gasteiger partial charge < -0.3 is 15.0 Å². The number of hydrogen-bond donors (Lipinski definition) is 1. The Morgan fingerprint density at radius 2 is 1.66 bits per heavy atom. The number of carbonyl (C=O) groups is 1. The third-order valence-electron chi connectivity index (χ3n) is 6.05. The van der Waals surface area contributed by atoms with Gasteiger partial charge in [0.25, 0.3) is 5.91 Å². The van der Waals surface area contributed by atoms with Crippen LogP contribution in [0.2, 0.25) is 0 Å². The Labute approximate surface area is 190 Å². The van der Waals surface area contributed by atoms with Gasteiger partial charge in [0.2, 0.25) is 10.0 Å². The number of carbonyl (C=O) groups excluding carboxylic acids is 1. The molecule has 0 unspecified atom stereocenters. The van der Waals surface area contributed by atoms with Gasteiger partial charge in [-0.25, -0.2) is 8.42 Å². The number of rotatable bonds is 5. The van der Waals surface area contributed by atoms with Crippen molar-refractivity contribution in [2.75, 3.05) is 49.6 Å². The van der Waals surface area contributed by atoms with E-state index in [0.717, 1.165) is 37.2 Å². The van der Waals surface area contributed by atoms with Crippen LogP contribution in [0.5, 0.6) is 0 Å². The Morgan fingerprint density at radius 3 is 2.34 bits per heavy atom. The summed E-state index contributed by atoms with van der Waals surface area (Å²) in [6.07, 6.45) is 4.54.